The lowest BCUT2D eigenvalue weighted by Crippen LogP contribution is -2.47. The second-order valence-corrected chi connectivity index (χ2v) is 10.7. The van der Waals surface area contributed by atoms with Crippen LogP contribution in [0.2, 0.25) is 0 Å². The summed E-state index contributed by atoms with van der Waals surface area (Å²) in [5.41, 5.74) is 3.11. The Morgan fingerprint density at radius 1 is 1.00 bits per heavy atom. The number of carbonyl (C=O) groups excluding carboxylic acids is 2. The van der Waals surface area contributed by atoms with Gasteiger partial charge in [-0.2, -0.15) is 0 Å². The van der Waals surface area contributed by atoms with E-state index >= 15 is 0 Å². The van der Waals surface area contributed by atoms with Crippen molar-refractivity contribution in [3.63, 3.8) is 0 Å². The summed E-state index contributed by atoms with van der Waals surface area (Å²) >= 11 is 0. The monoisotopic (exact) mass is 483 g/mol. The molecule has 1 aromatic carbocycles. The maximum Gasteiger partial charge on any atom is 0.329 e. The van der Waals surface area contributed by atoms with Gasteiger partial charge in [0.15, 0.2) is 0 Å². The number of nitrogens with one attached hydrogen (secondary N) is 1. The van der Waals surface area contributed by atoms with Crippen molar-refractivity contribution < 1.29 is 19.4 Å². The highest BCUT2D eigenvalue weighted by Gasteiger charge is 2.31. The van der Waals surface area contributed by atoms with E-state index in [2.05, 4.69) is 38.2 Å². The molecule has 7 atom stereocenters. The van der Waals surface area contributed by atoms with Gasteiger partial charge in [0.1, 0.15) is 12.1 Å². The van der Waals surface area contributed by atoms with Gasteiger partial charge in [-0.25, -0.2) is 4.79 Å². The van der Waals surface area contributed by atoms with Crippen LogP contribution < -0.4 is 5.32 Å². The predicted molar refractivity (Wildman–Crippen MR) is 142 cm³/mol. The Bertz CT molecular complexity index is 891. The standard InChI is InChI=1S/C30H45NO4/c1-8-21(4)28-23(6)15-20(3)17-27(32)22(5)14-19(2)16-24(7)29(33)31-26(30(34)35-28)18-25-12-10-9-11-13-25/h9-15,21-24,26-28,32H,8,16-18H2,1-7H3,(H,31,33)/b19-14+,20-15+. The van der Waals surface area contributed by atoms with E-state index in [0.29, 0.717) is 19.3 Å². The Kier molecular flexibility index (Phi) is 11.2. The molecule has 0 aromatic heterocycles. The number of amides is 1. The molecular formula is C30H45NO4. The number of esters is 1. The van der Waals surface area contributed by atoms with Gasteiger partial charge < -0.3 is 15.2 Å². The van der Waals surface area contributed by atoms with E-state index in [4.69, 9.17) is 4.74 Å². The number of ether oxygens (including phenoxy) is 1. The highest BCUT2D eigenvalue weighted by molar-refractivity contribution is 5.86. The fourth-order valence-corrected chi connectivity index (χ4v) is 4.88. The average molecular weight is 484 g/mol. The van der Waals surface area contributed by atoms with E-state index in [9.17, 15) is 14.7 Å². The molecule has 7 unspecified atom stereocenters. The second-order valence-electron chi connectivity index (χ2n) is 10.7. The fourth-order valence-electron chi connectivity index (χ4n) is 4.88. The molecule has 5 heteroatoms. The SMILES string of the molecule is CCC(C)C1OC(=O)C(Cc2ccccc2)NC(=O)C(C)C/C(C)=C/C(C)C(O)C/C(C)=C/C1C. The van der Waals surface area contributed by atoms with E-state index in [1.165, 1.54) is 0 Å². The quantitative estimate of drug-likeness (QED) is 0.430. The highest BCUT2D eigenvalue weighted by Crippen LogP contribution is 2.26. The first-order valence-electron chi connectivity index (χ1n) is 13.1. The number of rotatable bonds is 4. The zero-order valence-electron chi connectivity index (χ0n) is 22.6. The van der Waals surface area contributed by atoms with Gasteiger partial charge in [-0.1, -0.05) is 94.7 Å². The predicted octanol–water partition coefficient (Wildman–Crippen LogP) is 5.63. The minimum absolute atomic E-state index is 0.0198. The third-order valence-corrected chi connectivity index (χ3v) is 7.17. The third-order valence-electron chi connectivity index (χ3n) is 7.17. The first-order valence-corrected chi connectivity index (χ1v) is 13.1. The van der Waals surface area contributed by atoms with Crippen LogP contribution in [-0.4, -0.2) is 35.2 Å². The van der Waals surface area contributed by atoms with Crippen molar-refractivity contribution in [3.8, 4) is 0 Å². The topological polar surface area (TPSA) is 75.6 Å². The Hall–Kier alpha value is -2.40. The highest BCUT2D eigenvalue weighted by atomic mass is 16.5. The number of hydrogen-bond donors (Lipinski definition) is 2. The summed E-state index contributed by atoms with van der Waals surface area (Å²) in [6, 6.07) is 8.97. The van der Waals surface area contributed by atoms with Crippen molar-refractivity contribution in [2.75, 3.05) is 0 Å². The largest absolute Gasteiger partial charge is 0.460 e. The average Bonchev–Trinajstić information content (AvgIpc) is 2.80. The maximum absolute atomic E-state index is 13.5. The second kappa shape index (κ2) is 13.6. The minimum atomic E-state index is -0.755. The van der Waals surface area contributed by atoms with Crippen LogP contribution in [0.1, 0.15) is 73.3 Å². The van der Waals surface area contributed by atoms with Crippen LogP contribution >= 0.6 is 0 Å². The molecule has 5 nitrogen and oxygen atoms in total. The van der Waals surface area contributed by atoms with Crippen molar-refractivity contribution in [2.45, 2.75) is 92.4 Å². The molecule has 0 fully saturated rings. The van der Waals surface area contributed by atoms with E-state index in [0.717, 1.165) is 23.1 Å². The molecule has 1 aromatic rings. The van der Waals surface area contributed by atoms with Gasteiger partial charge in [-0.05, 0) is 38.2 Å². The van der Waals surface area contributed by atoms with Gasteiger partial charge in [-0.15, -0.1) is 0 Å². The number of aliphatic hydroxyl groups is 1. The van der Waals surface area contributed by atoms with E-state index in [1.54, 1.807) is 0 Å². The van der Waals surface area contributed by atoms with Crippen LogP contribution in [0.15, 0.2) is 53.6 Å². The molecule has 0 aliphatic carbocycles. The molecule has 2 rings (SSSR count). The molecule has 1 amide bonds. The molecule has 0 saturated heterocycles. The summed E-state index contributed by atoms with van der Waals surface area (Å²) in [5, 5.41) is 13.8. The lowest BCUT2D eigenvalue weighted by molar-refractivity contribution is -0.157. The number of hydrogen-bond acceptors (Lipinski definition) is 4. The zero-order valence-corrected chi connectivity index (χ0v) is 22.6. The van der Waals surface area contributed by atoms with Crippen LogP contribution in [0.25, 0.3) is 0 Å². The first kappa shape index (κ1) is 28.8. The van der Waals surface area contributed by atoms with Crippen LogP contribution in [0.3, 0.4) is 0 Å². The number of aliphatic hydroxyl groups excluding tert-OH is 1. The zero-order chi connectivity index (χ0) is 26.1. The molecule has 0 spiro atoms. The van der Waals surface area contributed by atoms with E-state index in [1.807, 2.05) is 58.0 Å². The van der Waals surface area contributed by atoms with Gasteiger partial charge in [0.2, 0.25) is 5.91 Å². The smallest absolute Gasteiger partial charge is 0.329 e. The molecule has 0 bridgehead atoms. The molecule has 1 aliphatic rings. The molecule has 0 radical (unpaired) electrons. The molecular weight excluding hydrogens is 438 g/mol. The van der Waals surface area contributed by atoms with Gasteiger partial charge in [0, 0.05) is 24.2 Å². The lowest BCUT2D eigenvalue weighted by Gasteiger charge is -2.30. The van der Waals surface area contributed by atoms with Gasteiger partial charge >= 0.3 is 5.97 Å². The summed E-state index contributed by atoms with van der Waals surface area (Å²) in [6.45, 7) is 14.1. The molecule has 0 saturated carbocycles. The molecule has 2 N–H and O–H groups in total. The van der Waals surface area contributed by atoms with Gasteiger partial charge in [0.25, 0.3) is 0 Å². The number of cyclic esters (lactones) is 1. The number of benzene rings is 1. The first-order chi connectivity index (χ1) is 16.5. The van der Waals surface area contributed by atoms with Crippen molar-refractivity contribution in [1.29, 1.82) is 0 Å². The summed E-state index contributed by atoms with van der Waals surface area (Å²) in [5.74, 6) is -0.760. The van der Waals surface area contributed by atoms with Crippen molar-refractivity contribution >= 4 is 11.9 Å². The molecule has 1 aliphatic heterocycles. The Morgan fingerprint density at radius 3 is 2.23 bits per heavy atom. The molecule has 1 heterocycles. The summed E-state index contributed by atoms with van der Waals surface area (Å²) < 4.78 is 6.13. The number of allylic oxidation sites excluding steroid dienone is 1. The summed E-state index contributed by atoms with van der Waals surface area (Å²) in [7, 11) is 0. The minimum Gasteiger partial charge on any atom is -0.460 e. The Balaban J connectivity index is 2.44. The van der Waals surface area contributed by atoms with Gasteiger partial charge in [-0.3, -0.25) is 4.79 Å². The van der Waals surface area contributed by atoms with Crippen molar-refractivity contribution in [1.82, 2.24) is 5.32 Å². The third kappa shape index (κ3) is 8.96. The molecule has 194 valence electrons. The van der Waals surface area contributed by atoms with Crippen LogP contribution in [0.5, 0.6) is 0 Å². The Morgan fingerprint density at radius 2 is 1.60 bits per heavy atom. The van der Waals surface area contributed by atoms with Crippen LogP contribution in [0, 0.1) is 23.7 Å². The van der Waals surface area contributed by atoms with E-state index in [-0.39, 0.29) is 35.7 Å². The maximum atomic E-state index is 13.5. The van der Waals surface area contributed by atoms with Crippen molar-refractivity contribution in [2.24, 2.45) is 23.7 Å². The Labute approximate surface area is 212 Å². The molecule has 35 heavy (non-hydrogen) atoms. The fraction of sp³-hybridized carbons (Fsp3) is 0.600. The normalized spacial score (nSPS) is 33.5. The van der Waals surface area contributed by atoms with Crippen molar-refractivity contribution in [3.05, 3.63) is 59.2 Å². The lowest BCUT2D eigenvalue weighted by atomic mass is 9.88. The van der Waals surface area contributed by atoms with Crippen LogP contribution in [-0.2, 0) is 20.7 Å². The van der Waals surface area contributed by atoms with Gasteiger partial charge in [0.05, 0.1) is 6.10 Å². The van der Waals surface area contributed by atoms with E-state index < -0.39 is 18.1 Å². The van der Waals surface area contributed by atoms with Crippen LogP contribution in [0.4, 0.5) is 0 Å². The summed E-state index contributed by atoms with van der Waals surface area (Å²) in [6.07, 6.45) is 5.73. The number of carbonyl (C=O) groups is 2. The summed E-state index contributed by atoms with van der Waals surface area (Å²) in [4.78, 5) is 26.6.